The molecular weight excluding hydrogens is 208 g/mol. The lowest BCUT2D eigenvalue weighted by Crippen LogP contribution is -2.16. The van der Waals surface area contributed by atoms with Crippen molar-refractivity contribution in [3.63, 3.8) is 0 Å². The molecule has 0 bridgehead atoms. The summed E-state index contributed by atoms with van der Waals surface area (Å²) in [6.45, 7) is 2.85. The molecule has 1 heterocycles. The van der Waals surface area contributed by atoms with Crippen molar-refractivity contribution in [2.75, 3.05) is 12.4 Å². The Balaban J connectivity index is 3.05. The minimum Gasteiger partial charge on any atom is -0.375 e. The Morgan fingerprint density at radius 2 is 2.31 bits per heavy atom. The highest BCUT2D eigenvalue weighted by atomic mass is 32.1. The molecule has 1 aromatic heterocycles. The van der Waals surface area contributed by atoms with Gasteiger partial charge in [-0.25, -0.2) is 4.68 Å². The average molecular weight is 218 g/mol. The van der Waals surface area contributed by atoms with Crippen LogP contribution in [0, 0.1) is 9.41 Å². The van der Waals surface area contributed by atoms with Gasteiger partial charge in [-0.05, 0) is 19.1 Å². The smallest absolute Gasteiger partial charge is 0.213 e. The van der Waals surface area contributed by atoms with Gasteiger partial charge in [-0.1, -0.05) is 12.2 Å². The molecule has 13 heavy (non-hydrogen) atoms. The van der Waals surface area contributed by atoms with Crippen LogP contribution in [0.2, 0.25) is 0 Å². The van der Waals surface area contributed by atoms with Crippen molar-refractivity contribution < 1.29 is 4.74 Å². The van der Waals surface area contributed by atoms with E-state index >= 15 is 0 Å². The third-order valence-electron chi connectivity index (χ3n) is 1.41. The number of nitrogens with two attached hydrogens (primary N) is 1. The lowest BCUT2D eigenvalue weighted by Gasteiger charge is -2.03. The summed E-state index contributed by atoms with van der Waals surface area (Å²) in [6, 6.07) is 0. The van der Waals surface area contributed by atoms with Gasteiger partial charge in [0.2, 0.25) is 4.77 Å². The highest BCUT2D eigenvalue weighted by molar-refractivity contribution is 7.72. The highest BCUT2D eigenvalue weighted by Gasteiger charge is 2.00. The third-order valence-corrected chi connectivity index (χ3v) is 2.13. The van der Waals surface area contributed by atoms with E-state index < -0.39 is 0 Å². The number of nitrogens with zero attached hydrogens (tertiary/aromatic N) is 2. The second-order valence-corrected chi connectivity index (χ2v) is 3.06. The summed E-state index contributed by atoms with van der Waals surface area (Å²) in [6.07, 6.45) is 0. The number of H-pyrrole nitrogens is 1. The van der Waals surface area contributed by atoms with Crippen molar-refractivity contribution in [3.05, 3.63) is 15.1 Å². The summed E-state index contributed by atoms with van der Waals surface area (Å²) in [5.74, 6) is 5.54. The molecule has 0 aliphatic heterocycles. The van der Waals surface area contributed by atoms with Crippen LogP contribution in [-0.4, -0.2) is 21.5 Å². The molecule has 0 fully saturated rings. The van der Waals surface area contributed by atoms with Gasteiger partial charge >= 0.3 is 0 Å². The second kappa shape index (κ2) is 4.45. The van der Waals surface area contributed by atoms with Gasteiger partial charge in [-0.2, -0.15) is 5.10 Å². The predicted octanol–water partition coefficient (Wildman–Crippen LogP) is 0.920. The normalized spacial score (nSPS) is 10.2. The molecule has 0 saturated heterocycles. The minimum atomic E-state index is 0.297. The Morgan fingerprint density at radius 3 is 2.92 bits per heavy atom. The van der Waals surface area contributed by atoms with E-state index in [9.17, 15) is 0 Å². The molecular formula is C6H10N4OS2. The molecule has 0 radical (unpaired) electrons. The third kappa shape index (κ3) is 2.33. The number of aromatic amines is 1. The lowest BCUT2D eigenvalue weighted by molar-refractivity contribution is 0.129. The van der Waals surface area contributed by atoms with Crippen LogP contribution in [0.25, 0.3) is 0 Å². The van der Waals surface area contributed by atoms with E-state index in [1.54, 1.807) is 0 Å². The lowest BCUT2D eigenvalue weighted by atomic mass is 10.5. The maximum atomic E-state index is 5.54. The number of nitrogens with one attached hydrogen (secondary N) is 1. The van der Waals surface area contributed by atoms with Crippen LogP contribution >= 0.6 is 24.4 Å². The molecule has 1 rings (SSSR count). The van der Waals surface area contributed by atoms with E-state index in [0.29, 0.717) is 28.3 Å². The Bertz CT molecular complexity index is 396. The summed E-state index contributed by atoms with van der Waals surface area (Å²) in [4.78, 5) is 0. The van der Waals surface area contributed by atoms with Crippen LogP contribution in [0.4, 0.5) is 0 Å². The van der Waals surface area contributed by atoms with Crippen molar-refractivity contribution in [1.29, 1.82) is 0 Å². The van der Waals surface area contributed by atoms with Gasteiger partial charge in [-0.3, -0.25) is 5.10 Å². The summed E-state index contributed by atoms with van der Waals surface area (Å²) in [5.41, 5.74) is 0.591. The van der Waals surface area contributed by atoms with E-state index in [2.05, 4.69) is 10.2 Å². The first-order chi connectivity index (χ1) is 6.16. The maximum Gasteiger partial charge on any atom is 0.213 e. The molecule has 0 atom stereocenters. The van der Waals surface area contributed by atoms with Crippen molar-refractivity contribution in [3.8, 4) is 0 Å². The van der Waals surface area contributed by atoms with Crippen LogP contribution in [0.15, 0.2) is 0 Å². The SMILES string of the molecule is CCOCc1n[nH]c(=S)n(N)c1=S. The number of rotatable bonds is 3. The maximum absolute atomic E-state index is 5.54. The van der Waals surface area contributed by atoms with Crippen molar-refractivity contribution in [2.45, 2.75) is 13.5 Å². The Labute approximate surface area is 85.5 Å². The summed E-state index contributed by atoms with van der Waals surface area (Å²) >= 11 is 9.83. The van der Waals surface area contributed by atoms with E-state index in [4.69, 9.17) is 35.0 Å². The average Bonchev–Trinajstić information content (AvgIpc) is 2.13. The molecule has 0 aliphatic carbocycles. The second-order valence-electron chi connectivity index (χ2n) is 2.29. The van der Waals surface area contributed by atoms with Gasteiger partial charge < -0.3 is 10.6 Å². The molecule has 0 aromatic carbocycles. The monoisotopic (exact) mass is 218 g/mol. The van der Waals surface area contributed by atoms with Gasteiger partial charge in [0, 0.05) is 6.61 Å². The first-order valence-electron chi connectivity index (χ1n) is 3.70. The Kier molecular flexibility index (Phi) is 3.52. The van der Waals surface area contributed by atoms with Gasteiger partial charge in [0.1, 0.15) is 5.69 Å². The fraction of sp³-hybridized carbons (Fsp3) is 0.500. The van der Waals surface area contributed by atoms with Crippen LogP contribution in [0.3, 0.4) is 0 Å². The largest absolute Gasteiger partial charge is 0.375 e. The molecule has 1 aromatic rings. The molecule has 0 saturated carbocycles. The number of hydrogen-bond acceptors (Lipinski definition) is 5. The first kappa shape index (κ1) is 10.3. The zero-order chi connectivity index (χ0) is 9.84. The highest BCUT2D eigenvalue weighted by Crippen LogP contribution is 1.98. The van der Waals surface area contributed by atoms with Crippen LogP contribution in [0.5, 0.6) is 0 Å². The molecule has 0 amide bonds. The first-order valence-corrected chi connectivity index (χ1v) is 4.52. The van der Waals surface area contributed by atoms with E-state index in [-0.39, 0.29) is 0 Å². The summed E-state index contributed by atoms with van der Waals surface area (Å²) in [5, 5.41) is 6.49. The molecule has 7 heteroatoms. The van der Waals surface area contributed by atoms with Crippen LogP contribution in [0.1, 0.15) is 12.6 Å². The van der Waals surface area contributed by atoms with Crippen LogP contribution in [-0.2, 0) is 11.3 Å². The Hall–Kier alpha value is -0.790. The zero-order valence-corrected chi connectivity index (χ0v) is 8.74. The summed E-state index contributed by atoms with van der Waals surface area (Å²) in [7, 11) is 0. The van der Waals surface area contributed by atoms with E-state index in [0.717, 1.165) is 0 Å². The zero-order valence-electron chi connectivity index (χ0n) is 7.11. The quantitative estimate of drug-likeness (QED) is 0.583. The van der Waals surface area contributed by atoms with Gasteiger partial charge in [-0.15, -0.1) is 0 Å². The fourth-order valence-electron chi connectivity index (χ4n) is 0.741. The van der Waals surface area contributed by atoms with Crippen molar-refractivity contribution in [1.82, 2.24) is 14.9 Å². The predicted molar refractivity (Wildman–Crippen MR) is 53.7 cm³/mol. The molecule has 5 nitrogen and oxygen atoms in total. The number of nitrogen functional groups attached to an aromatic ring is 1. The van der Waals surface area contributed by atoms with Crippen LogP contribution < -0.4 is 5.84 Å². The topological polar surface area (TPSA) is 68.9 Å². The molecule has 0 spiro atoms. The molecule has 0 unspecified atom stereocenters. The standard InChI is InChI=1S/C6H10N4OS2/c1-2-11-3-4-5(12)10(7)6(13)9-8-4/h2-3,7H2,1H3,(H,9,13). The Morgan fingerprint density at radius 1 is 1.62 bits per heavy atom. The van der Waals surface area contributed by atoms with E-state index in [1.165, 1.54) is 4.68 Å². The number of hydrogen-bond donors (Lipinski definition) is 2. The van der Waals surface area contributed by atoms with Gasteiger partial charge in [0.25, 0.3) is 0 Å². The van der Waals surface area contributed by atoms with Crippen molar-refractivity contribution >= 4 is 24.4 Å². The number of aromatic nitrogens is 3. The number of ether oxygens (including phenoxy) is 1. The molecule has 72 valence electrons. The molecule has 3 N–H and O–H groups in total. The van der Waals surface area contributed by atoms with Gasteiger partial charge in [0.15, 0.2) is 4.64 Å². The van der Waals surface area contributed by atoms with Gasteiger partial charge in [0.05, 0.1) is 6.61 Å². The molecule has 0 aliphatic rings. The fourth-order valence-corrected chi connectivity index (χ4v) is 1.13. The van der Waals surface area contributed by atoms with E-state index in [1.807, 2.05) is 6.92 Å². The minimum absolute atomic E-state index is 0.297. The summed E-state index contributed by atoms with van der Waals surface area (Å²) < 4.78 is 7.04. The van der Waals surface area contributed by atoms with Crippen molar-refractivity contribution in [2.24, 2.45) is 0 Å².